The van der Waals surface area contributed by atoms with Crippen molar-refractivity contribution < 1.29 is 9.47 Å². The number of ether oxygens (including phenoxy) is 2. The largest absolute Gasteiger partial charge is 0.458 e. The molecule has 0 heterocycles. The molecule has 0 unspecified atom stereocenters. The summed E-state index contributed by atoms with van der Waals surface area (Å²) >= 11 is 0. The van der Waals surface area contributed by atoms with E-state index >= 15 is 0 Å². The number of hydrogen-bond donors (Lipinski definition) is 2. The van der Waals surface area contributed by atoms with Crippen LogP contribution in [0.4, 0.5) is 11.4 Å². The molecule has 4 nitrogen and oxygen atoms in total. The molecule has 0 aliphatic rings. The third-order valence-corrected chi connectivity index (χ3v) is 8.93. The van der Waals surface area contributed by atoms with Crippen molar-refractivity contribution in [1.82, 2.24) is 0 Å². The number of hydrogen-bond acceptors (Lipinski definition) is 4. The Morgan fingerprint density at radius 1 is 0.533 bits per heavy atom. The lowest BCUT2D eigenvalue weighted by Crippen LogP contribution is -2.43. The van der Waals surface area contributed by atoms with Crippen molar-refractivity contribution in [2.45, 2.75) is 39.3 Å². The molecule has 0 atom stereocenters. The lowest BCUT2D eigenvalue weighted by atomic mass is 10.3. The molecule has 158 valence electrons. The van der Waals surface area contributed by atoms with Gasteiger partial charge in [0.15, 0.2) is 0 Å². The molecule has 0 aromatic heterocycles. The van der Waals surface area contributed by atoms with Crippen LogP contribution >= 0.6 is 0 Å². The van der Waals surface area contributed by atoms with Crippen molar-refractivity contribution in [3.63, 3.8) is 0 Å². The van der Waals surface area contributed by atoms with E-state index in [4.69, 9.17) is 20.9 Å². The molecule has 0 saturated carbocycles. The summed E-state index contributed by atoms with van der Waals surface area (Å²) < 4.78 is 12.8. The minimum absolute atomic E-state index is 0.725. The Balaban J connectivity index is 2.12. The smallest absolute Gasteiger partial charge is 0.127 e. The van der Waals surface area contributed by atoms with Gasteiger partial charge < -0.3 is 20.9 Å². The third-order valence-electron chi connectivity index (χ3n) is 4.91. The van der Waals surface area contributed by atoms with Crippen molar-refractivity contribution in [2.75, 3.05) is 11.5 Å². The van der Waals surface area contributed by atoms with E-state index in [1.807, 2.05) is 48.5 Å². The molecular weight excluding hydrogens is 404 g/mol. The molecule has 3 aromatic carbocycles. The van der Waals surface area contributed by atoms with Gasteiger partial charge in [0.25, 0.3) is 0 Å². The topological polar surface area (TPSA) is 70.5 Å². The van der Waals surface area contributed by atoms with Crippen molar-refractivity contribution >= 4 is 37.9 Å². The first-order valence-electron chi connectivity index (χ1n) is 10.2. The molecule has 6 heteroatoms. The van der Waals surface area contributed by atoms with E-state index in [1.54, 1.807) is 0 Å². The fourth-order valence-electron chi connectivity index (χ4n) is 3.23. The van der Waals surface area contributed by atoms with E-state index in [0.29, 0.717) is 0 Å². The van der Waals surface area contributed by atoms with E-state index in [0.717, 1.165) is 34.4 Å². The zero-order valence-electron chi connectivity index (χ0n) is 18.7. The van der Waals surface area contributed by atoms with Gasteiger partial charge in [0.1, 0.15) is 23.0 Å². The Kier molecular flexibility index (Phi) is 6.01. The summed E-state index contributed by atoms with van der Waals surface area (Å²) in [4.78, 5) is 0. The molecule has 0 bridgehead atoms. The maximum atomic E-state index is 6.38. The number of anilines is 2. The van der Waals surface area contributed by atoms with Gasteiger partial charge in [-0.25, -0.2) is 0 Å². The number of benzene rings is 3. The summed E-state index contributed by atoms with van der Waals surface area (Å²) in [6.45, 7) is 13.9. The van der Waals surface area contributed by atoms with Crippen LogP contribution in [-0.2, 0) is 0 Å². The molecule has 0 aliphatic carbocycles. The Hall–Kier alpha value is -2.71. The van der Waals surface area contributed by atoms with Gasteiger partial charge >= 0.3 is 0 Å². The van der Waals surface area contributed by atoms with Gasteiger partial charge in [-0.1, -0.05) is 39.3 Å². The number of nitrogens with two attached hydrogens (primary N) is 2. The predicted octanol–water partition coefficient (Wildman–Crippen LogP) is 5.53. The maximum Gasteiger partial charge on any atom is 0.127 e. The Bertz CT molecular complexity index is 934. The molecule has 30 heavy (non-hydrogen) atoms. The lowest BCUT2D eigenvalue weighted by molar-refractivity contribution is 0.475. The minimum atomic E-state index is -1.72. The standard InChI is InChI=1S/C24H32N2O2Si2/c1-29(2,3)23-15-22(28-20-13-9-18(26)10-14-20)24(30(4,5)6)16-21(23)27-19-11-7-17(25)8-12-19/h7-16H,25-26H2,1-6H3. The third kappa shape index (κ3) is 5.26. The van der Waals surface area contributed by atoms with Crippen LogP contribution in [0, 0.1) is 0 Å². The minimum Gasteiger partial charge on any atom is -0.458 e. The van der Waals surface area contributed by atoms with E-state index in [1.165, 1.54) is 10.4 Å². The highest BCUT2D eigenvalue weighted by molar-refractivity contribution is 6.91. The second-order valence-electron chi connectivity index (χ2n) is 9.69. The van der Waals surface area contributed by atoms with Crippen LogP contribution in [0.15, 0.2) is 60.7 Å². The fraction of sp³-hybridized carbons (Fsp3) is 0.250. The second kappa shape index (κ2) is 8.20. The van der Waals surface area contributed by atoms with Gasteiger partial charge in [-0.05, 0) is 71.0 Å². The fourth-order valence-corrected chi connectivity index (χ4v) is 6.08. The van der Waals surface area contributed by atoms with E-state index in [2.05, 4.69) is 51.4 Å². The predicted molar refractivity (Wildman–Crippen MR) is 134 cm³/mol. The Morgan fingerprint density at radius 2 is 0.833 bits per heavy atom. The van der Waals surface area contributed by atoms with Crippen LogP contribution in [-0.4, -0.2) is 16.1 Å². The average Bonchev–Trinajstić information content (AvgIpc) is 2.64. The first-order chi connectivity index (χ1) is 13.9. The Morgan fingerprint density at radius 3 is 1.10 bits per heavy atom. The summed E-state index contributed by atoms with van der Waals surface area (Å²) in [5.74, 6) is 3.41. The summed E-state index contributed by atoms with van der Waals surface area (Å²) in [6.07, 6.45) is 0. The molecule has 3 aromatic rings. The number of rotatable bonds is 6. The average molecular weight is 437 g/mol. The summed E-state index contributed by atoms with van der Waals surface area (Å²) in [5, 5.41) is 2.46. The summed E-state index contributed by atoms with van der Waals surface area (Å²) in [6, 6.07) is 19.5. The van der Waals surface area contributed by atoms with E-state index < -0.39 is 16.1 Å². The van der Waals surface area contributed by atoms with Gasteiger partial charge in [-0.15, -0.1) is 0 Å². The Labute approximate surface area is 181 Å². The zero-order chi connectivity index (χ0) is 22.1. The summed E-state index contributed by atoms with van der Waals surface area (Å²) in [5.41, 5.74) is 13.1. The van der Waals surface area contributed by atoms with Crippen LogP contribution in [0.5, 0.6) is 23.0 Å². The molecular formula is C24H32N2O2Si2. The highest BCUT2D eigenvalue weighted by Gasteiger charge is 2.29. The lowest BCUT2D eigenvalue weighted by Gasteiger charge is -2.27. The first kappa shape index (κ1) is 22.0. The van der Waals surface area contributed by atoms with Crippen LogP contribution in [0.3, 0.4) is 0 Å². The van der Waals surface area contributed by atoms with Crippen LogP contribution < -0.4 is 31.3 Å². The van der Waals surface area contributed by atoms with Crippen LogP contribution in [0.25, 0.3) is 0 Å². The van der Waals surface area contributed by atoms with Crippen molar-refractivity contribution in [2.24, 2.45) is 0 Å². The van der Waals surface area contributed by atoms with E-state index in [9.17, 15) is 0 Å². The number of nitrogen functional groups attached to an aromatic ring is 2. The SMILES string of the molecule is C[Si](C)(C)c1cc(Oc2ccc(N)cc2)c([Si](C)(C)C)cc1Oc1ccc(N)cc1. The first-order valence-corrected chi connectivity index (χ1v) is 17.2. The van der Waals surface area contributed by atoms with Gasteiger partial charge in [0.05, 0.1) is 16.1 Å². The monoisotopic (exact) mass is 436 g/mol. The second-order valence-corrected chi connectivity index (χ2v) is 19.8. The molecule has 0 amide bonds. The van der Waals surface area contributed by atoms with Gasteiger partial charge in [-0.3, -0.25) is 0 Å². The zero-order valence-corrected chi connectivity index (χ0v) is 20.7. The van der Waals surface area contributed by atoms with Gasteiger partial charge in [0, 0.05) is 11.4 Å². The van der Waals surface area contributed by atoms with Crippen molar-refractivity contribution in [3.05, 3.63) is 60.7 Å². The molecule has 0 fully saturated rings. The molecule has 0 spiro atoms. The molecule has 3 rings (SSSR count). The van der Waals surface area contributed by atoms with E-state index in [-0.39, 0.29) is 0 Å². The summed E-state index contributed by atoms with van der Waals surface area (Å²) in [7, 11) is -3.43. The molecule has 0 radical (unpaired) electrons. The maximum absolute atomic E-state index is 6.38. The highest BCUT2D eigenvalue weighted by Crippen LogP contribution is 2.29. The highest BCUT2D eigenvalue weighted by atomic mass is 28.3. The van der Waals surface area contributed by atoms with Gasteiger partial charge in [0.2, 0.25) is 0 Å². The van der Waals surface area contributed by atoms with Crippen LogP contribution in [0.1, 0.15) is 0 Å². The van der Waals surface area contributed by atoms with Crippen LogP contribution in [0.2, 0.25) is 39.3 Å². The molecule has 0 saturated heterocycles. The molecule has 4 N–H and O–H groups in total. The van der Waals surface area contributed by atoms with Crippen molar-refractivity contribution in [3.8, 4) is 23.0 Å². The quantitative estimate of drug-likeness (QED) is 0.394. The van der Waals surface area contributed by atoms with Gasteiger partial charge in [-0.2, -0.15) is 0 Å². The normalized spacial score (nSPS) is 11.9. The molecule has 0 aliphatic heterocycles. The van der Waals surface area contributed by atoms with Crippen molar-refractivity contribution in [1.29, 1.82) is 0 Å².